The fourth-order valence-electron chi connectivity index (χ4n) is 4.16. The van der Waals surface area contributed by atoms with E-state index in [0.29, 0.717) is 17.5 Å². The molecule has 34 heavy (non-hydrogen) atoms. The third kappa shape index (κ3) is 3.44. The van der Waals surface area contributed by atoms with Gasteiger partial charge >= 0.3 is 5.78 Å². The molecule has 7 nitrogen and oxygen atoms in total. The SMILES string of the molecule is O=C(NCc1nc2ccccc2n1Cc1ccccc1)c1cc2c(=O)c3ccccc3oc2o1. The number of carbonyl (C=O) groups excluding carboxylic acids is 1. The van der Waals surface area contributed by atoms with E-state index in [1.807, 2.05) is 42.5 Å². The lowest BCUT2D eigenvalue weighted by Crippen LogP contribution is -2.24. The van der Waals surface area contributed by atoms with Gasteiger partial charge in [-0.3, -0.25) is 9.59 Å². The van der Waals surface area contributed by atoms with Crippen LogP contribution in [0, 0.1) is 0 Å². The van der Waals surface area contributed by atoms with Gasteiger partial charge in [0.2, 0.25) is 5.43 Å². The van der Waals surface area contributed by atoms with Gasteiger partial charge in [-0.1, -0.05) is 54.6 Å². The number of hydrogen-bond donors (Lipinski definition) is 1. The lowest BCUT2D eigenvalue weighted by Gasteiger charge is -2.10. The lowest BCUT2D eigenvalue weighted by atomic mass is 10.2. The molecule has 0 aliphatic heterocycles. The molecule has 3 heterocycles. The average molecular weight is 449 g/mol. The Hall–Kier alpha value is -4.65. The molecule has 6 rings (SSSR count). The Morgan fingerprint density at radius 1 is 0.882 bits per heavy atom. The summed E-state index contributed by atoms with van der Waals surface area (Å²) < 4.78 is 13.4. The molecule has 0 bridgehead atoms. The molecule has 0 saturated carbocycles. The van der Waals surface area contributed by atoms with E-state index in [2.05, 4.69) is 22.0 Å². The molecular weight excluding hydrogens is 430 g/mol. The van der Waals surface area contributed by atoms with E-state index in [0.717, 1.165) is 22.4 Å². The van der Waals surface area contributed by atoms with Crippen LogP contribution in [0.1, 0.15) is 21.9 Å². The van der Waals surface area contributed by atoms with Gasteiger partial charge < -0.3 is 18.7 Å². The van der Waals surface area contributed by atoms with Crippen LogP contribution in [0.15, 0.2) is 98.6 Å². The van der Waals surface area contributed by atoms with Crippen molar-refractivity contribution in [2.75, 3.05) is 0 Å². The van der Waals surface area contributed by atoms with Gasteiger partial charge in [0.25, 0.3) is 5.91 Å². The molecule has 1 N–H and O–H groups in total. The van der Waals surface area contributed by atoms with Crippen molar-refractivity contribution >= 4 is 39.1 Å². The third-order valence-corrected chi connectivity index (χ3v) is 5.82. The fraction of sp³-hybridized carbons (Fsp3) is 0.0741. The van der Waals surface area contributed by atoms with Crippen molar-refractivity contribution in [1.29, 1.82) is 0 Å². The number of nitrogens with one attached hydrogen (secondary N) is 1. The van der Waals surface area contributed by atoms with E-state index in [1.165, 1.54) is 6.07 Å². The van der Waals surface area contributed by atoms with Crippen molar-refractivity contribution in [2.45, 2.75) is 13.1 Å². The van der Waals surface area contributed by atoms with E-state index in [9.17, 15) is 9.59 Å². The molecule has 0 aliphatic carbocycles. The van der Waals surface area contributed by atoms with Gasteiger partial charge in [0.15, 0.2) is 5.76 Å². The molecule has 3 aromatic heterocycles. The number of nitrogens with zero attached hydrogens (tertiary/aromatic N) is 2. The Kier molecular flexibility index (Phi) is 4.73. The fourth-order valence-corrected chi connectivity index (χ4v) is 4.16. The molecule has 0 saturated heterocycles. The molecule has 0 aliphatic rings. The molecule has 1 amide bonds. The van der Waals surface area contributed by atoms with E-state index in [-0.39, 0.29) is 28.9 Å². The van der Waals surface area contributed by atoms with Crippen LogP contribution < -0.4 is 10.7 Å². The van der Waals surface area contributed by atoms with Crippen molar-refractivity contribution in [1.82, 2.24) is 14.9 Å². The van der Waals surface area contributed by atoms with E-state index in [4.69, 9.17) is 13.8 Å². The van der Waals surface area contributed by atoms with Crippen LogP contribution in [0.25, 0.3) is 33.2 Å². The highest BCUT2D eigenvalue weighted by atomic mass is 16.5. The Balaban J connectivity index is 1.30. The number of para-hydroxylation sites is 3. The maximum Gasteiger partial charge on any atom is 0.302 e. The first-order valence-electron chi connectivity index (χ1n) is 10.9. The monoisotopic (exact) mass is 449 g/mol. The van der Waals surface area contributed by atoms with Crippen LogP contribution in [-0.4, -0.2) is 15.5 Å². The summed E-state index contributed by atoms with van der Waals surface area (Å²) in [5.74, 6) is 0.310. The van der Waals surface area contributed by atoms with E-state index >= 15 is 0 Å². The zero-order valence-electron chi connectivity index (χ0n) is 18.0. The summed E-state index contributed by atoms with van der Waals surface area (Å²) in [6.45, 7) is 0.822. The minimum atomic E-state index is -0.451. The van der Waals surface area contributed by atoms with Crippen LogP contribution in [0.2, 0.25) is 0 Å². The minimum absolute atomic E-state index is 0.0110. The highest BCUT2D eigenvalue weighted by Crippen LogP contribution is 2.22. The molecular formula is C27H19N3O4. The van der Waals surface area contributed by atoms with Gasteiger partial charge in [0.1, 0.15) is 16.8 Å². The van der Waals surface area contributed by atoms with Gasteiger partial charge in [-0.05, 0) is 29.8 Å². The molecule has 0 fully saturated rings. The number of hydrogen-bond acceptors (Lipinski definition) is 5. The second kappa shape index (κ2) is 8.04. The van der Waals surface area contributed by atoms with Crippen LogP contribution in [0.5, 0.6) is 0 Å². The smallest absolute Gasteiger partial charge is 0.302 e. The van der Waals surface area contributed by atoms with Crippen molar-refractivity contribution in [3.8, 4) is 0 Å². The number of benzene rings is 3. The Morgan fingerprint density at radius 2 is 1.65 bits per heavy atom. The number of amides is 1. The Morgan fingerprint density at radius 3 is 2.53 bits per heavy atom. The molecule has 6 aromatic rings. The van der Waals surface area contributed by atoms with Crippen LogP contribution in [0.3, 0.4) is 0 Å². The van der Waals surface area contributed by atoms with Crippen molar-refractivity contribution < 1.29 is 13.6 Å². The first kappa shape index (κ1) is 20.0. The number of imidazole rings is 1. The number of aromatic nitrogens is 2. The first-order valence-corrected chi connectivity index (χ1v) is 10.9. The number of furan rings is 1. The molecule has 0 radical (unpaired) electrons. The Bertz CT molecular complexity index is 1730. The van der Waals surface area contributed by atoms with Gasteiger partial charge in [-0.2, -0.15) is 0 Å². The highest BCUT2D eigenvalue weighted by Gasteiger charge is 2.19. The Labute approximate surface area is 193 Å². The standard InChI is InChI=1S/C27H19N3O4/c31-25-18-10-4-7-13-22(18)33-27-19(25)14-23(34-27)26(32)28-15-24-29-20-11-5-6-12-21(20)30(24)16-17-8-2-1-3-9-17/h1-14H,15-16H2,(H,28,32). The quantitative estimate of drug-likeness (QED) is 0.406. The maximum atomic E-state index is 12.9. The van der Waals surface area contributed by atoms with Crippen molar-refractivity contribution in [3.63, 3.8) is 0 Å². The summed E-state index contributed by atoms with van der Waals surface area (Å²) in [5.41, 5.74) is 3.15. The molecule has 3 aromatic carbocycles. The zero-order chi connectivity index (χ0) is 23.1. The number of carbonyl (C=O) groups is 1. The normalized spacial score (nSPS) is 11.4. The number of fused-ring (bicyclic) bond motifs is 3. The largest absolute Gasteiger partial charge is 0.425 e. The molecule has 0 unspecified atom stereocenters. The second-order valence-corrected chi connectivity index (χ2v) is 8.01. The van der Waals surface area contributed by atoms with Gasteiger partial charge in [0.05, 0.1) is 23.0 Å². The summed E-state index contributed by atoms with van der Waals surface area (Å²) >= 11 is 0. The first-order chi connectivity index (χ1) is 16.7. The van der Waals surface area contributed by atoms with Gasteiger partial charge in [0, 0.05) is 12.6 Å². The molecule has 0 spiro atoms. The van der Waals surface area contributed by atoms with Gasteiger partial charge in [-0.15, -0.1) is 0 Å². The molecule has 166 valence electrons. The third-order valence-electron chi connectivity index (χ3n) is 5.82. The van der Waals surface area contributed by atoms with Crippen LogP contribution >= 0.6 is 0 Å². The predicted molar refractivity (Wildman–Crippen MR) is 129 cm³/mol. The van der Waals surface area contributed by atoms with Crippen molar-refractivity contribution in [2.24, 2.45) is 0 Å². The zero-order valence-corrected chi connectivity index (χ0v) is 18.0. The van der Waals surface area contributed by atoms with Crippen LogP contribution in [-0.2, 0) is 13.1 Å². The molecule has 7 heteroatoms. The predicted octanol–water partition coefficient (Wildman–Crippen LogP) is 4.87. The summed E-state index contributed by atoms with van der Waals surface area (Å²) in [5, 5.41) is 3.54. The average Bonchev–Trinajstić information content (AvgIpc) is 3.45. The van der Waals surface area contributed by atoms with E-state index in [1.54, 1.807) is 24.3 Å². The topological polar surface area (TPSA) is 90.3 Å². The lowest BCUT2D eigenvalue weighted by molar-refractivity contribution is 0.0922. The molecule has 0 atom stereocenters. The van der Waals surface area contributed by atoms with E-state index < -0.39 is 5.91 Å². The maximum absolute atomic E-state index is 12.9. The number of rotatable bonds is 5. The second-order valence-electron chi connectivity index (χ2n) is 8.01. The summed E-state index contributed by atoms with van der Waals surface area (Å²) in [4.78, 5) is 30.4. The highest BCUT2D eigenvalue weighted by molar-refractivity contribution is 5.97. The van der Waals surface area contributed by atoms with Gasteiger partial charge in [-0.25, -0.2) is 4.98 Å². The summed E-state index contributed by atoms with van der Waals surface area (Å²) in [6.07, 6.45) is 0. The minimum Gasteiger partial charge on any atom is -0.425 e. The van der Waals surface area contributed by atoms with Crippen molar-refractivity contribution in [3.05, 3.63) is 112 Å². The van der Waals surface area contributed by atoms with Crippen LogP contribution in [0.4, 0.5) is 0 Å². The summed E-state index contributed by atoms with van der Waals surface area (Å²) in [6, 6.07) is 26.3. The summed E-state index contributed by atoms with van der Waals surface area (Å²) in [7, 11) is 0.